The van der Waals surface area contributed by atoms with Gasteiger partial charge in [0.25, 0.3) is 5.91 Å². The van der Waals surface area contributed by atoms with Gasteiger partial charge in [-0.15, -0.1) is 11.3 Å². The summed E-state index contributed by atoms with van der Waals surface area (Å²) in [7, 11) is 0. The average Bonchev–Trinajstić information content (AvgIpc) is 3.39. The molecule has 3 rings (SSSR count). The first kappa shape index (κ1) is 28.8. The number of aliphatic carboxylic acids is 1. The summed E-state index contributed by atoms with van der Waals surface area (Å²) in [5.41, 5.74) is 2.41. The first-order valence-corrected chi connectivity index (χ1v) is 12.8. The predicted octanol–water partition coefficient (Wildman–Crippen LogP) is 2.36. The number of carbonyl (C=O) groups excluding carboxylic acids is 4. The second-order valence-corrected chi connectivity index (χ2v) is 9.13. The van der Waals surface area contributed by atoms with Gasteiger partial charge in [0.1, 0.15) is 11.7 Å². The highest BCUT2D eigenvalue weighted by Crippen LogP contribution is 2.15. The molecule has 12 nitrogen and oxygen atoms in total. The lowest BCUT2D eigenvalue weighted by atomic mass is 10.1. The number of benzene rings is 2. The molecule has 6 N–H and O–H groups in total. The van der Waals surface area contributed by atoms with Crippen molar-refractivity contribution < 1.29 is 29.1 Å². The molecule has 3 aromatic rings. The highest BCUT2D eigenvalue weighted by molar-refractivity contribution is 7.14. The molecule has 1 aromatic heterocycles. The summed E-state index contributed by atoms with van der Waals surface area (Å²) in [5, 5.41) is 23.2. The Kier molecular flexibility index (Phi) is 10.5. The Labute approximate surface area is 228 Å². The van der Waals surface area contributed by atoms with E-state index in [0.717, 1.165) is 28.9 Å². The Balaban J connectivity index is 1.47. The second-order valence-electron chi connectivity index (χ2n) is 8.27. The first-order valence-electron chi connectivity index (χ1n) is 12.0. The van der Waals surface area contributed by atoms with Gasteiger partial charge in [-0.05, 0) is 29.7 Å². The van der Waals surface area contributed by atoms with Crippen LogP contribution in [0.2, 0.25) is 0 Å². The zero-order valence-corrected chi connectivity index (χ0v) is 21.8. The number of hydrogen-bond acceptors (Lipinski definition) is 7. The highest BCUT2D eigenvalue weighted by atomic mass is 32.1. The molecule has 0 unspecified atom stereocenters. The van der Waals surface area contributed by atoms with Crippen molar-refractivity contribution in [3.63, 3.8) is 0 Å². The topological polar surface area (TPSA) is 179 Å². The molecule has 39 heavy (non-hydrogen) atoms. The second kappa shape index (κ2) is 14.2. The summed E-state index contributed by atoms with van der Waals surface area (Å²) in [6.07, 6.45) is 0.173. The van der Waals surface area contributed by atoms with Crippen molar-refractivity contribution in [2.75, 3.05) is 17.2 Å². The number of urea groups is 1. The molecule has 0 fully saturated rings. The molecule has 0 bridgehead atoms. The van der Waals surface area contributed by atoms with E-state index < -0.39 is 48.7 Å². The molecule has 0 spiro atoms. The lowest BCUT2D eigenvalue weighted by Crippen LogP contribution is -2.48. The van der Waals surface area contributed by atoms with Gasteiger partial charge in [0, 0.05) is 17.6 Å². The highest BCUT2D eigenvalue weighted by Gasteiger charge is 2.24. The van der Waals surface area contributed by atoms with E-state index in [1.54, 1.807) is 12.1 Å². The smallest absolute Gasteiger partial charge is 0.321 e. The number of amides is 5. The molecule has 0 aliphatic heterocycles. The molecule has 5 amide bonds. The lowest BCUT2D eigenvalue weighted by Gasteiger charge is -2.17. The van der Waals surface area contributed by atoms with Crippen molar-refractivity contribution in [3.05, 3.63) is 76.8 Å². The summed E-state index contributed by atoms with van der Waals surface area (Å²) in [6, 6.07) is 14.5. The van der Waals surface area contributed by atoms with Crippen LogP contribution in [0.3, 0.4) is 0 Å². The van der Waals surface area contributed by atoms with Gasteiger partial charge in [-0.25, -0.2) is 9.78 Å². The molecule has 1 atom stereocenters. The van der Waals surface area contributed by atoms with Gasteiger partial charge < -0.3 is 26.4 Å². The minimum absolute atomic E-state index is 0.0264. The predicted molar refractivity (Wildman–Crippen MR) is 145 cm³/mol. The SMILES string of the molecule is CCc1ccc(NC(=O)[C@H](CC(=O)O)NC(=O)CNC(=O)c2csc(NC(=O)NCc3ccccc3)n2)cc1. The van der Waals surface area contributed by atoms with E-state index in [1.165, 1.54) is 5.38 Å². The summed E-state index contributed by atoms with van der Waals surface area (Å²) in [6.45, 7) is 1.78. The molecule has 13 heteroatoms. The fourth-order valence-electron chi connectivity index (χ4n) is 3.29. The van der Waals surface area contributed by atoms with Crippen molar-refractivity contribution in [2.45, 2.75) is 32.4 Å². The quantitative estimate of drug-likeness (QED) is 0.200. The largest absolute Gasteiger partial charge is 0.481 e. The number of carbonyl (C=O) groups is 5. The molecule has 1 heterocycles. The molecule has 2 aromatic carbocycles. The van der Waals surface area contributed by atoms with Crippen LogP contribution in [-0.4, -0.2) is 52.4 Å². The zero-order valence-electron chi connectivity index (χ0n) is 21.0. The molecule has 0 aliphatic carbocycles. The Bertz CT molecular complexity index is 1310. The van der Waals surface area contributed by atoms with Crippen molar-refractivity contribution in [3.8, 4) is 0 Å². The zero-order chi connectivity index (χ0) is 28.2. The lowest BCUT2D eigenvalue weighted by molar-refractivity contribution is -0.139. The maximum atomic E-state index is 12.6. The number of thiazole rings is 1. The van der Waals surface area contributed by atoms with Gasteiger partial charge in [0.05, 0.1) is 13.0 Å². The number of rotatable bonds is 12. The van der Waals surface area contributed by atoms with Gasteiger partial charge in [-0.1, -0.05) is 49.4 Å². The maximum Gasteiger partial charge on any atom is 0.321 e. The number of aromatic nitrogens is 1. The van der Waals surface area contributed by atoms with Crippen LogP contribution in [0.4, 0.5) is 15.6 Å². The standard InChI is InChI=1S/C26H28N6O6S/c1-2-16-8-10-18(11-9-16)29-24(37)19(12-22(34)35)30-21(33)14-27-23(36)20-15-39-26(31-20)32-25(38)28-13-17-6-4-3-5-7-17/h3-11,15,19H,2,12-14H2,1H3,(H,27,36)(H,29,37)(H,30,33)(H,34,35)(H2,28,31,32,38)/t19-/m0/s1. The van der Waals surface area contributed by atoms with Crippen molar-refractivity contribution in [1.29, 1.82) is 0 Å². The maximum absolute atomic E-state index is 12.6. The van der Waals surface area contributed by atoms with E-state index >= 15 is 0 Å². The van der Waals surface area contributed by atoms with Gasteiger partial charge in [0.2, 0.25) is 11.8 Å². The number of anilines is 2. The monoisotopic (exact) mass is 552 g/mol. The van der Waals surface area contributed by atoms with Crippen LogP contribution in [0.25, 0.3) is 0 Å². The van der Waals surface area contributed by atoms with Crippen LogP contribution >= 0.6 is 11.3 Å². The average molecular weight is 553 g/mol. The van der Waals surface area contributed by atoms with Gasteiger partial charge in [0.15, 0.2) is 5.13 Å². The molecular formula is C26H28N6O6S. The van der Waals surface area contributed by atoms with Crippen molar-refractivity contribution in [1.82, 2.24) is 20.9 Å². The third-order valence-electron chi connectivity index (χ3n) is 5.32. The minimum Gasteiger partial charge on any atom is -0.481 e. The summed E-state index contributed by atoms with van der Waals surface area (Å²) >= 11 is 1.02. The minimum atomic E-state index is -1.36. The number of carboxylic acid groups (broad SMARTS) is 1. The number of nitrogens with zero attached hydrogens (tertiary/aromatic N) is 1. The van der Waals surface area contributed by atoms with Gasteiger partial charge in [-0.2, -0.15) is 0 Å². The normalized spacial score (nSPS) is 11.1. The third kappa shape index (κ3) is 9.55. The Hall–Kier alpha value is -4.78. The number of nitrogens with one attached hydrogen (secondary N) is 5. The Morgan fingerprint density at radius 1 is 0.923 bits per heavy atom. The van der Waals surface area contributed by atoms with E-state index in [-0.39, 0.29) is 10.8 Å². The molecule has 0 aliphatic rings. The van der Waals surface area contributed by atoms with Crippen LogP contribution in [-0.2, 0) is 27.3 Å². The van der Waals surface area contributed by atoms with Gasteiger partial charge >= 0.3 is 12.0 Å². The Morgan fingerprint density at radius 2 is 1.64 bits per heavy atom. The number of hydrogen-bond donors (Lipinski definition) is 6. The van der Waals surface area contributed by atoms with Crippen LogP contribution in [0.5, 0.6) is 0 Å². The molecule has 0 radical (unpaired) electrons. The Morgan fingerprint density at radius 3 is 2.31 bits per heavy atom. The number of aryl methyl sites for hydroxylation is 1. The van der Waals surface area contributed by atoms with Crippen LogP contribution < -0.4 is 26.6 Å². The van der Waals surface area contributed by atoms with Crippen molar-refractivity contribution in [2.24, 2.45) is 0 Å². The molecule has 0 saturated heterocycles. The molecule has 204 valence electrons. The van der Waals surface area contributed by atoms with Crippen molar-refractivity contribution >= 4 is 51.9 Å². The summed E-state index contributed by atoms with van der Waals surface area (Å²) < 4.78 is 0. The molecule has 0 saturated carbocycles. The van der Waals surface area contributed by atoms with Crippen LogP contribution in [0, 0.1) is 0 Å². The van der Waals surface area contributed by atoms with E-state index in [0.29, 0.717) is 12.2 Å². The van der Waals surface area contributed by atoms with Crippen LogP contribution in [0.15, 0.2) is 60.0 Å². The fourth-order valence-corrected chi connectivity index (χ4v) is 3.97. The number of carboxylic acids is 1. The molecular weight excluding hydrogens is 524 g/mol. The fraction of sp³-hybridized carbons (Fsp3) is 0.231. The van der Waals surface area contributed by atoms with E-state index in [2.05, 4.69) is 31.6 Å². The van der Waals surface area contributed by atoms with Gasteiger partial charge in [-0.3, -0.25) is 24.5 Å². The third-order valence-corrected chi connectivity index (χ3v) is 6.08. The van der Waals surface area contributed by atoms with E-state index in [1.807, 2.05) is 49.4 Å². The summed E-state index contributed by atoms with van der Waals surface area (Å²) in [5.74, 6) is -3.44. The summed E-state index contributed by atoms with van der Waals surface area (Å²) in [4.78, 5) is 64.7. The van der Waals surface area contributed by atoms with Crippen LogP contribution in [0.1, 0.15) is 35.0 Å². The first-order chi connectivity index (χ1) is 18.7. The van der Waals surface area contributed by atoms with E-state index in [9.17, 15) is 24.0 Å². The van der Waals surface area contributed by atoms with E-state index in [4.69, 9.17) is 5.11 Å².